The van der Waals surface area contributed by atoms with Gasteiger partial charge in [-0.2, -0.15) is 0 Å². The van der Waals surface area contributed by atoms with Crippen molar-refractivity contribution in [3.63, 3.8) is 0 Å². The topological polar surface area (TPSA) is 47.0 Å². The number of aliphatic carboxylic acids is 1. The summed E-state index contributed by atoms with van der Waals surface area (Å²) in [7, 11) is 0. The zero-order valence-electron chi connectivity index (χ0n) is 21.5. The molecule has 0 radical (unpaired) electrons. The van der Waals surface area contributed by atoms with E-state index in [9.17, 15) is 9.90 Å². The molecule has 3 heterocycles. The largest absolute Gasteiger partial charge is 0.481 e. The molecule has 1 spiro atoms. The molecule has 2 aromatic carbocycles. The monoisotopic (exact) mass is 507 g/mol. The summed E-state index contributed by atoms with van der Waals surface area (Å²) >= 11 is 6.35. The molecule has 5 rings (SSSR count). The van der Waals surface area contributed by atoms with Crippen molar-refractivity contribution in [2.24, 2.45) is 11.3 Å². The number of carbonyl (C=O) groups is 1. The summed E-state index contributed by atoms with van der Waals surface area (Å²) in [5, 5.41) is 9.87. The first kappa shape index (κ1) is 26.2. The van der Waals surface area contributed by atoms with Gasteiger partial charge in [0.05, 0.1) is 10.9 Å². The molecule has 2 aromatic rings. The molecule has 3 aliphatic rings. The predicted molar refractivity (Wildman–Crippen MR) is 150 cm³/mol. The summed E-state index contributed by atoms with van der Waals surface area (Å²) in [6, 6.07) is 14.9. The number of terminal acetylenes is 1. The van der Waals surface area contributed by atoms with E-state index in [0.717, 1.165) is 57.7 Å². The Morgan fingerprint density at radius 1 is 0.889 bits per heavy atom. The van der Waals surface area contributed by atoms with Crippen molar-refractivity contribution >= 4 is 34.6 Å². The molecule has 3 aliphatic heterocycles. The molecule has 0 bridgehead atoms. The fourth-order valence-electron chi connectivity index (χ4n) is 5.88. The lowest BCUT2D eigenvalue weighted by Crippen LogP contribution is -2.41. The molecule has 0 saturated carbocycles. The summed E-state index contributed by atoms with van der Waals surface area (Å²) in [4.78, 5) is 18.5. The van der Waals surface area contributed by atoms with Crippen LogP contribution < -0.4 is 14.7 Å². The summed E-state index contributed by atoms with van der Waals surface area (Å²) in [5.41, 5.74) is 4.78. The van der Waals surface area contributed by atoms with Crippen LogP contribution in [-0.2, 0) is 4.79 Å². The first-order valence-electron chi connectivity index (χ1n) is 13.3. The van der Waals surface area contributed by atoms with Crippen LogP contribution in [0.3, 0.4) is 0 Å². The van der Waals surface area contributed by atoms with Crippen LogP contribution in [0.15, 0.2) is 42.5 Å². The Kier molecular flexibility index (Phi) is 8.36. The second kappa shape index (κ2) is 11.5. The minimum Gasteiger partial charge on any atom is -0.481 e. The smallest absolute Gasteiger partial charge is 0.306 e. The van der Waals surface area contributed by atoms with Gasteiger partial charge in [0.15, 0.2) is 0 Å². The molecule has 0 unspecified atom stereocenters. The fraction of sp³-hybridized carbons (Fsp3) is 0.500. The fourth-order valence-corrected chi connectivity index (χ4v) is 6.11. The molecule has 36 heavy (non-hydrogen) atoms. The zero-order chi connectivity index (χ0) is 25.7. The number of benzene rings is 2. The van der Waals surface area contributed by atoms with E-state index in [1.807, 2.05) is 26.0 Å². The third-order valence-corrected chi connectivity index (χ3v) is 8.47. The molecular weight excluding hydrogens is 470 g/mol. The van der Waals surface area contributed by atoms with E-state index in [1.54, 1.807) is 0 Å². The number of halogens is 1. The van der Waals surface area contributed by atoms with Gasteiger partial charge in [0, 0.05) is 61.9 Å². The van der Waals surface area contributed by atoms with Crippen LogP contribution in [0.2, 0.25) is 5.02 Å². The van der Waals surface area contributed by atoms with Gasteiger partial charge >= 0.3 is 5.97 Å². The van der Waals surface area contributed by atoms with Crippen molar-refractivity contribution in [1.29, 1.82) is 0 Å². The van der Waals surface area contributed by atoms with E-state index in [0.29, 0.717) is 10.4 Å². The molecular formula is C30H38ClN3O2. The summed E-state index contributed by atoms with van der Waals surface area (Å²) < 4.78 is 0. The van der Waals surface area contributed by atoms with Crippen molar-refractivity contribution in [3.05, 3.63) is 53.1 Å². The standard InChI is InChI=1S/C28H32ClN3O2.C2H6/c1-2-21-3-4-25(19-26(21)29)32-18-13-28(20-32)11-16-31(17-12-28)24-7-5-23(6-8-24)30-14-9-22(10-15-30)27(33)34;1-2/h1,3-8,19,22H,9-18,20H2,(H,33,34);1-2H3. The molecule has 1 N–H and O–H groups in total. The zero-order valence-corrected chi connectivity index (χ0v) is 22.3. The number of nitrogens with zero attached hydrogens (tertiary/aromatic N) is 3. The van der Waals surface area contributed by atoms with Gasteiger partial charge in [-0.3, -0.25) is 4.79 Å². The van der Waals surface area contributed by atoms with E-state index in [-0.39, 0.29) is 5.92 Å². The SMILES string of the molecule is C#Cc1ccc(N2CCC3(CCN(c4ccc(N5CCC(C(=O)O)CC5)cc4)CC3)C2)cc1Cl.CC. The van der Waals surface area contributed by atoms with Gasteiger partial charge in [-0.15, -0.1) is 6.42 Å². The van der Waals surface area contributed by atoms with Crippen molar-refractivity contribution < 1.29 is 9.90 Å². The van der Waals surface area contributed by atoms with E-state index in [2.05, 4.69) is 51.0 Å². The third kappa shape index (κ3) is 5.60. The van der Waals surface area contributed by atoms with Crippen LogP contribution in [-0.4, -0.2) is 50.3 Å². The number of hydrogen-bond acceptors (Lipinski definition) is 4. The number of piperidine rings is 2. The van der Waals surface area contributed by atoms with Crippen LogP contribution in [0.5, 0.6) is 0 Å². The quantitative estimate of drug-likeness (QED) is 0.503. The lowest BCUT2D eigenvalue weighted by atomic mass is 9.77. The Hall–Kier alpha value is -2.84. The highest BCUT2D eigenvalue weighted by molar-refractivity contribution is 6.32. The van der Waals surface area contributed by atoms with Crippen LogP contribution in [0, 0.1) is 23.7 Å². The molecule has 0 amide bonds. The van der Waals surface area contributed by atoms with Gasteiger partial charge in [0.25, 0.3) is 0 Å². The summed E-state index contributed by atoms with van der Waals surface area (Å²) in [6.45, 7) is 9.93. The Morgan fingerprint density at radius 2 is 1.39 bits per heavy atom. The number of anilines is 3. The Labute approximate surface area is 221 Å². The minimum atomic E-state index is -0.658. The second-order valence-corrected chi connectivity index (χ2v) is 10.5. The molecule has 3 saturated heterocycles. The third-order valence-electron chi connectivity index (χ3n) is 8.16. The van der Waals surface area contributed by atoms with Gasteiger partial charge in [0.2, 0.25) is 0 Å². The first-order valence-corrected chi connectivity index (χ1v) is 13.7. The van der Waals surface area contributed by atoms with Gasteiger partial charge in [-0.05, 0) is 80.0 Å². The maximum absolute atomic E-state index is 11.2. The van der Waals surface area contributed by atoms with Crippen molar-refractivity contribution in [3.8, 4) is 12.3 Å². The normalized spacial score (nSPS) is 19.6. The van der Waals surface area contributed by atoms with Crippen LogP contribution in [0.25, 0.3) is 0 Å². The second-order valence-electron chi connectivity index (χ2n) is 10.1. The molecule has 5 nitrogen and oxygen atoms in total. The number of hydrogen-bond donors (Lipinski definition) is 1. The number of carboxylic acid groups (broad SMARTS) is 1. The summed E-state index contributed by atoms with van der Waals surface area (Å²) in [6.07, 6.45) is 10.6. The van der Waals surface area contributed by atoms with E-state index in [1.165, 1.54) is 36.3 Å². The van der Waals surface area contributed by atoms with Gasteiger partial charge in [0.1, 0.15) is 0 Å². The number of carboxylic acids is 1. The van der Waals surface area contributed by atoms with Gasteiger partial charge in [-0.1, -0.05) is 31.4 Å². The van der Waals surface area contributed by atoms with E-state index in [4.69, 9.17) is 18.0 Å². The molecule has 0 atom stereocenters. The van der Waals surface area contributed by atoms with Crippen LogP contribution in [0.1, 0.15) is 51.5 Å². The summed E-state index contributed by atoms with van der Waals surface area (Å²) in [5.74, 6) is 1.79. The maximum atomic E-state index is 11.2. The Morgan fingerprint density at radius 3 is 1.89 bits per heavy atom. The van der Waals surface area contributed by atoms with Crippen molar-refractivity contribution in [1.82, 2.24) is 0 Å². The highest BCUT2D eigenvalue weighted by Gasteiger charge is 2.40. The molecule has 192 valence electrons. The Balaban J connectivity index is 0.00000148. The van der Waals surface area contributed by atoms with Gasteiger partial charge in [-0.25, -0.2) is 0 Å². The number of rotatable bonds is 4. The molecule has 6 heteroatoms. The minimum absolute atomic E-state index is 0.193. The Bertz CT molecular complexity index is 1080. The average molecular weight is 508 g/mol. The van der Waals surface area contributed by atoms with Crippen molar-refractivity contribution in [2.75, 3.05) is 54.0 Å². The van der Waals surface area contributed by atoms with E-state index < -0.39 is 5.97 Å². The highest BCUT2D eigenvalue weighted by Crippen LogP contribution is 2.43. The lowest BCUT2D eigenvalue weighted by Gasteiger charge is -2.40. The maximum Gasteiger partial charge on any atom is 0.306 e. The predicted octanol–water partition coefficient (Wildman–Crippen LogP) is 6.15. The average Bonchev–Trinajstić information content (AvgIpc) is 3.34. The van der Waals surface area contributed by atoms with Crippen LogP contribution >= 0.6 is 11.6 Å². The molecule has 0 aromatic heterocycles. The van der Waals surface area contributed by atoms with E-state index >= 15 is 0 Å². The molecule has 3 fully saturated rings. The molecule has 0 aliphatic carbocycles. The van der Waals surface area contributed by atoms with Crippen LogP contribution in [0.4, 0.5) is 17.1 Å². The highest BCUT2D eigenvalue weighted by atomic mass is 35.5. The van der Waals surface area contributed by atoms with Gasteiger partial charge < -0.3 is 19.8 Å². The van der Waals surface area contributed by atoms with Crippen molar-refractivity contribution in [2.45, 2.75) is 46.0 Å². The first-order chi connectivity index (χ1) is 17.5. The lowest BCUT2D eigenvalue weighted by molar-refractivity contribution is -0.142.